The molecular formula is C21H24O3S. The summed E-state index contributed by atoms with van der Waals surface area (Å²) >= 11 is 1.74. The summed E-state index contributed by atoms with van der Waals surface area (Å²) in [5.41, 5.74) is 1.31. The Morgan fingerprint density at radius 1 is 1.12 bits per heavy atom. The van der Waals surface area contributed by atoms with E-state index < -0.39 is 5.79 Å². The first-order valence-corrected chi connectivity index (χ1v) is 9.94. The number of hydrogen-bond acceptors (Lipinski definition) is 4. The molecule has 0 bridgehead atoms. The van der Waals surface area contributed by atoms with Crippen molar-refractivity contribution in [2.45, 2.75) is 41.8 Å². The Hall–Kier alpha value is -1.49. The van der Waals surface area contributed by atoms with Crippen LogP contribution in [0.5, 0.6) is 0 Å². The molecule has 1 aliphatic heterocycles. The Kier molecular flexibility index (Phi) is 5.02. The molecule has 2 fully saturated rings. The van der Waals surface area contributed by atoms with Crippen LogP contribution in [0.25, 0.3) is 0 Å². The molecule has 4 heteroatoms. The van der Waals surface area contributed by atoms with Crippen molar-refractivity contribution in [3.63, 3.8) is 0 Å². The van der Waals surface area contributed by atoms with Gasteiger partial charge in [0.1, 0.15) is 5.76 Å². The van der Waals surface area contributed by atoms with Gasteiger partial charge in [-0.1, -0.05) is 48.2 Å². The van der Waals surface area contributed by atoms with Gasteiger partial charge in [-0.3, -0.25) is 0 Å². The number of thioether (sulfide) groups is 1. The summed E-state index contributed by atoms with van der Waals surface area (Å²) in [6, 6.07) is 14.7. The van der Waals surface area contributed by atoms with Gasteiger partial charge >= 0.3 is 0 Å². The molecule has 3 nitrogen and oxygen atoms in total. The van der Waals surface area contributed by atoms with Crippen LogP contribution in [-0.2, 0) is 15.2 Å². The van der Waals surface area contributed by atoms with Crippen LogP contribution < -0.4 is 0 Å². The molecule has 4 rings (SSSR count). The largest absolute Gasteiger partial charge is 0.455 e. The normalized spacial score (nSPS) is 24.8. The van der Waals surface area contributed by atoms with Crippen LogP contribution in [0.3, 0.4) is 0 Å². The van der Waals surface area contributed by atoms with Crippen molar-refractivity contribution in [3.8, 4) is 0 Å². The van der Waals surface area contributed by atoms with Gasteiger partial charge in [-0.2, -0.15) is 0 Å². The van der Waals surface area contributed by atoms with Crippen molar-refractivity contribution in [1.82, 2.24) is 0 Å². The summed E-state index contributed by atoms with van der Waals surface area (Å²) < 4.78 is 18.2. The summed E-state index contributed by atoms with van der Waals surface area (Å²) in [5, 5.41) is 0.977. The van der Waals surface area contributed by atoms with Crippen LogP contribution in [0.2, 0.25) is 0 Å². The fourth-order valence-electron chi connectivity index (χ4n) is 4.08. The van der Waals surface area contributed by atoms with E-state index in [1.54, 1.807) is 11.8 Å². The number of benzene rings is 1. The van der Waals surface area contributed by atoms with E-state index in [2.05, 4.69) is 43.0 Å². The standard InChI is InChI=1S/C21H24O3S/c1-2-6-18-17(11-12-21(18)22-13-14-23-21)19-9-10-20(24-19)25-15-16-7-4-3-5-8-16/h2-5,7-10,17-18H,1,6,11-15H2/t17-,18+/m1/s1. The second kappa shape index (κ2) is 7.40. The quantitative estimate of drug-likeness (QED) is 0.513. The van der Waals surface area contributed by atoms with E-state index in [1.165, 1.54) is 5.56 Å². The van der Waals surface area contributed by atoms with Crippen molar-refractivity contribution >= 4 is 11.8 Å². The van der Waals surface area contributed by atoms with Crippen LogP contribution in [0.15, 0.2) is 64.6 Å². The lowest BCUT2D eigenvalue weighted by Crippen LogP contribution is -2.35. The fourth-order valence-corrected chi connectivity index (χ4v) is 4.90. The van der Waals surface area contributed by atoms with Gasteiger partial charge in [0.25, 0.3) is 0 Å². The highest BCUT2D eigenvalue weighted by atomic mass is 32.2. The highest BCUT2D eigenvalue weighted by Crippen LogP contribution is 2.52. The monoisotopic (exact) mass is 356 g/mol. The molecular weight excluding hydrogens is 332 g/mol. The third-order valence-corrected chi connectivity index (χ3v) is 6.22. The lowest BCUT2D eigenvalue weighted by Gasteiger charge is -2.30. The van der Waals surface area contributed by atoms with Crippen LogP contribution in [0, 0.1) is 5.92 Å². The first-order valence-electron chi connectivity index (χ1n) is 8.96. The predicted molar refractivity (Wildman–Crippen MR) is 99.6 cm³/mol. The molecule has 0 unspecified atom stereocenters. The van der Waals surface area contributed by atoms with Gasteiger partial charge in [0.15, 0.2) is 10.9 Å². The highest BCUT2D eigenvalue weighted by molar-refractivity contribution is 7.98. The molecule has 2 aliphatic rings. The topological polar surface area (TPSA) is 31.6 Å². The minimum atomic E-state index is -0.428. The van der Waals surface area contributed by atoms with E-state index in [1.807, 2.05) is 12.1 Å². The zero-order valence-electron chi connectivity index (χ0n) is 14.4. The second-order valence-corrected chi connectivity index (χ2v) is 7.70. The molecule has 1 spiro atoms. The molecule has 1 aliphatic carbocycles. The molecule has 2 heterocycles. The van der Waals surface area contributed by atoms with Crippen LogP contribution >= 0.6 is 11.8 Å². The molecule has 132 valence electrons. The van der Waals surface area contributed by atoms with Gasteiger partial charge in [0.05, 0.1) is 13.2 Å². The number of furan rings is 1. The zero-order chi connectivity index (χ0) is 17.1. The predicted octanol–water partition coefficient (Wildman–Crippen LogP) is 5.38. The van der Waals surface area contributed by atoms with E-state index in [0.717, 1.165) is 35.9 Å². The van der Waals surface area contributed by atoms with Gasteiger partial charge in [0.2, 0.25) is 0 Å². The summed E-state index contributed by atoms with van der Waals surface area (Å²) in [4.78, 5) is 0. The van der Waals surface area contributed by atoms with Gasteiger partial charge < -0.3 is 13.9 Å². The fraction of sp³-hybridized carbons (Fsp3) is 0.429. The Labute approximate surface area is 153 Å². The van der Waals surface area contributed by atoms with Crippen LogP contribution in [0.1, 0.15) is 36.5 Å². The lowest BCUT2D eigenvalue weighted by molar-refractivity contribution is -0.182. The van der Waals surface area contributed by atoms with Gasteiger partial charge in [-0.25, -0.2) is 0 Å². The molecule has 1 saturated carbocycles. The Bertz CT molecular complexity index is 703. The van der Waals surface area contributed by atoms with Crippen molar-refractivity contribution in [2.75, 3.05) is 13.2 Å². The molecule has 25 heavy (non-hydrogen) atoms. The van der Waals surface area contributed by atoms with Gasteiger partial charge in [-0.15, -0.1) is 6.58 Å². The van der Waals surface area contributed by atoms with E-state index in [-0.39, 0.29) is 5.92 Å². The van der Waals surface area contributed by atoms with Crippen molar-refractivity contribution in [3.05, 3.63) is 66.4 Å². The SMILES string of the molecule is C=CC[C@H]1[C@H](c2ccc(SCc3ccccc3)o2)CCC12OCCO2. The second-order valence-electron chi connectivity index (χ2n) is 6.72. The van der Waals surface area contributed by atoms with Crippen LogP contribution in [-0.4, -0.2) is 19.0 Å². The maximum atomic E-state index is 6.19. The number of rotatable bonds is 6. The van der Waals surface area contributed by atoms with Gasteiger partial charge in [-0.05, 0) is 30.5 Å². The molecule has 1 saturated heterocycles. The summed E-state index contributed by atoms with van der Waals surface area (Å²) in [6.07, 6.45) is 4.83. The molecule has 0 N–H and O–H groups in total. The average Bonchev–Trinajstić information content (AvgIpc) is 3.37. The Balaban J connectivity index is 1.46. The maximum absolute atomic E-state index is 6.19. The molecule has 2 aromatic rings. The van der Waals surface area contributed by atoms with Crippen molar-refractivity contribution in [2.24, 2.45) is 5.92 Å². The van der Waals surface area contributed by atoms with Crippen molar-refractivity contribution < 1.29 is 13.9 Å². The van der Waals surface area contributed by atoms with E-state index in [9.17, 15) is 0 Å². The van der Waals surface area contributed by atoms with E-state index in [4.69, 9.17) is 13.9 Å². The van der Waals surface area contributed by atoms with Crippen molar-refractivity contribution in [1.29, 1.82) is 0 Å². The molecule has 0 radical (unpaired) electrons. The van der Waals surface area contributed by atoms with E-state index >= 15 is 0 Å². The zero-order valence-corrected chi connectivity index (χ0v) is 15.2. The van der Waals surface area contributed by atoms with Gasteiger partial charge in [0, 0.05) is 24.0 Å². The summed E-state index contributed by atoms with van der Waals surface area (Å²) in [7, 11) is 0. The van der Waals surface area contributed by atoms with E-state index in [0.29, 0.717) is 19.1 Å². The summed E-state index contributed by atoms with van der Waals surface area (Å²) in [6.45, 7) is 5.31. The number of hydrogen-bond donors (Lipinski definition) is 0. The third kappa shape index (κ3) is 3.43. The molecule has 1 aromatic heterocycles. The lowest BCUT2D eigenvalue weighted by atomic mass is 9.88. The third-order valence-electron chi connectivity index (χ3n) is 5.24. The van der Waals surface area contributed by atoms with Crippen LogP contribution in [0.4, 0.5) is 0 Å². The molecule has 1 aromatic carbocycles. The smallest absolute Gasteiger partial charge is 0.172 e. The number of ether oxygens (including phenoxy) is 2. The minimum absolute atomic E-state index is 0.283. The Morgan fingerprint density at radius 3 is 2.68 bits per heavy atom. The summed E-state index contributed by atoms with van der Waals surface area (Å²) in [5.74, 6) is 2.17. The first-order chi connectivity index (χ1) is 12.3. The Morgan fingerprint density at radius 2 is 1.92 bits per heavy atom. The highest BCUT2D eigenvalue weighted by Gasteiger charge is 2.53. The maximum Gasteiger partial charge on any atom is 0.172 e. The first kappa shape index (κ1) is 17.0. The molecule has 2 atom stereocenters. The molecule has 0 amide bonds. The average molecular weight is 356 g/mol. The minimum Gasteiger partial charge on any atom is -0.455 e. The number of allylic oxidation sites excluding steroid dienone is 1.